The van der Waals surface area contributed by atoms with Gasteiger partial charge in [0.15, 0.2) is 11.6 Å². The van der Waals surface area contributed by atoms with Crippen LogP contribution in [-0.4, -0.2) is 21.4 Å². The van der Waals surface area contributed by atoms with E-state index in [1.165, 1.54) is 19.2 Å². The Morgan fingerprint density at radius 1 is 1.27 bits per heavy atom. The van der Waals surface area contributed by atoms with Gasteiger partial charge in [-0.3, -0.25) is 4.79 Å². The average Bonchev–Trinajstić information content (AvgIpc) is 2.64. The van der Waals surface area contributed by atoms with Crippen LogP contribution in [0.2, 0.25) is 0 Å². The van der Waals surface area contributed by atoms with Gasteiger partial charge >= 0.3 is 5.97 Å². The maximum Gasteiger partial charge on any atom is 0.342 e. The number of carbonyl (C=O) groups excluding carboxylic acids is 1. The molecular formula is C15H14F2N2O3. The molecule has 0 aliphatic carbocycles. The van der Waals surface area contributed by atoms with Crippen LogP contribution >= 0.6 is 0 Å². The first-order valence-corrected chi connectivity index (χ1v) is 6.39. The summed E-state index contributed by atoms with van der Waals surface area (Å²) in [4.78, 5) is 22.7. The van der Waals surface area contributed by atoms with Gasteiger partial charge in [0, 0.05) is 14.0 Å². The fourth-order valence-electron chi connectivity index (χ4n) is 2.23. The van der Waals surface area contributed by atoms with Crippen molar-refractivity contribution in [1.82, 2.24) is 4.57 Å². The van der Waals surface area contributed by atoms with Gasteiger partial charge in [-0.2, -0.15) is 0 Å². The van der Waals surface area contributed by atoms with Crippen LogP contribution in [0.25, 0.3) is 0 Å². The Hall–Kier alpha value is -2.70. The Bertz CT molecular complexity index is 782. The van der Waals surface area contributed by atoms with Crippen LogP contribution < -0.4 is 5.32 Å². The van der Waals surface area contributed by atoms with E-state index >= 15 is 0 Å². The summed E-state index contributed by atoms with van der Waals surface area (Å²) in [6.45, 7) is 2.83. The monoisotopic (exact) mass is 308 g/mol. The number of nitrogens with one attached hydrogen (secondary N) is 1. The third-order valence-corrected chi connectivity index (χ3v) is 3.26. The van der Waals surface area contributed by atoms with Crippen molar-refractivity contribution in [1.29, 1.82) is 0 Å². The van der Waals surface area contributed by atoms with Gasteiger partial charge in [0.2, 0.25) is 0 Å². The third-order valence-electron chi connectivity index (χ3n) is 3.26. The van der Waals surface area contributed by atoms with Gasteiger partial charge in [-0.1, -0.05) is 6.07 Å². The van der Waals surface area contributed by atoms with Crippen molar-refractivity contribution in [2.75, 3.05) is 5.32 Å². The fourth-order valence-corrected chi connectivity index (χ4v) is 2.23. The normalized spacial score (nSPS) is 10.6. The molecule has 1 aromatic heterocycles. The highest BCUT2D eigenvalue weighted by Crippen LogP contribution is 2.29. The number of aromatic carboxylic acids is 1. The van der Waals surface area contributed by atoms with Gasteiger partial charge in [0.05, 0.1) is 5.69 Å². The Morgan fingerprint density at radius 3 is 2.41 bits per heavy atom. The minimum absolute atomic E-state index is 0.0104. The van der Waals surface area contributed by atoms with Crippen LogP contribution in [0.15, 0.2) is 18.2 Å². The molecule has 22 heavy (non-hydrogen) atoms. The Morgan fingerprint density at radius 2 is 1.91 bits per heavy atom. The van der Waals surface area contributed by atoms with Crippen molar-refractivity contribution in [2.45, 2.75) is 13.8 Å². The van der Waals surface area contributed by atoms with Gasteiger partial charge < -0.3 is 15.0 Å². The minimum Gasteiger partial charge on any atom is -0.477 e. The zero-order valence-corrected chi connectivity index (χ0v) is 12.2. The molecule has 116 valence electrons. The number of hydrogen-bond donors (Lipinski definition) is 2. The number of carboxylic acids is 1. The largest absolute Gasteiger partial charge is 0.477 e. The van der Waals surface area contributed by atoms with Gasteiger partial charge in [0.25, 0.3) is 0 Å². The molecule has 1 heterocycles. The molecule has 0 fully saturated rings. The number of aryl methyl sites for hydroxylation is 1. The van der Waals surface area contributed by atoms with Crippen molar-refractivity contribution in [3.8, 4) is 0 Å². The van der Waals surface area contributed by atoms with Gasteiger partial charge in [-0.15, -0.1) is 0 Å². The number of Topliss-reactive ketones (excluding diaryl/α,β-unsaturated/α-hetero) is 1. The molecule has 0 saturated heterocycles. The minimum atomic E-state index is -1.55. The Kier molecular flexibility index (Phi) is 3.99. The van der Waals surface area contributed by atoms with E-state index in [0.29, 0.717) is 5.56 Å². The predicted molar refractivity (Wildman–Crippen MR) is 76.8 cm³/mol. The quantitative estimate of drug-likeness (QED) is 0.851. The van der Waals surface area contributed by atoms with Crippen molar-refractivity contribution in [2.24, 2.45) is 7.05 Å². The lowest BCUT2D eigenvalue weighted by molar-refractivity contribution is 0.0693. The van der Waals surface area contributed by atoms with Crippen LogP contribution in [0.1, 0.15) is 33.3 Å². The molecule has 0 amide bonds. The number of carboxylic acid groups (broad SMARTS) is 1. The van der Waals surface area contributed by atoms with E-state index in [4.69, 9.17) is 5.11 Å². The summed E-state index contributed by atoms with van der Waals surface area (Å²) in [6, 6.07) is 4.29. The molecule has 1 aromatic carbocycles. The Balaban J connectivity index is 2.62. The zero-order valence-electron chi connectivity index (χ0n) is 12.2. The summed E-state index contributed by atoms with van der Waals surface area (Å²) in [6.07, 6.45) is 0. The lowest BCUT2D eigenvalue weighted by atomic mass is 10.2. The lowest BCUT2D eigenvalue weighted by Crippen LogP contribution is -2.07. The van der Waals surface area contributed by atoms with Crippen LogP contribution in [0.4, 0.5) is 20.3 Å². The first-order valence-electron chi connectivity index (χ1n) is 6.39. The number of hydrogen-bond acceptors (Lipinski definition) is 3. The van der Waals surface area contributed by atoms with E-state index in [9.17, 15) is 18.4 Å². The number of halogens is 2. The second-order valence-electron chi connectivity index (χ2n) is 4.91. The lowest BCUT2D eigenvalue weighted by Gasteiger charge is -2.11. The number of rotatable bonds is 4. The van der Waals surface area contributed by atoms with Crippen LogP contribution in [0.3, 0.4) is 0 Å². The molecule has 5 nitrogen and oxygen atoms in total. The molecule has 0 bridgehead atoms. The van der Waals surface area contributed by atoms with E-state index in [-0.39, 0.29) is 17.2 Å². The summed E-state index contributed by atoms with van der Waals surface area (Å²) in [5.74, 6) is -4.12. The number of ketones is 1. The smallest absolute Gasteiger partial charge is 0.342 e. The highest BCUT2D eigenvalue weighted by atomic mass is 19.1. The molecule has 0 radical (unpaired) electrons. The van der Waals surface area contributed by atoms with E-state index in [2.05, 4.69) is 5.32 Å². The first-order chi connectivity index (χ1) is 10.2. The number of nitrogens with zero attached hydrogens (tertiary/aromatic N) is 1. The molecule has 0 aliphatic rings. The van der Waals surface area contributed by atoms with E-state index in [1.54, 1.807) is 13.0 Å². The van der Waals surface area contributed by atoms with Gasteiger partial charge in [0.1, 0.15) is 22.9 Å². The number of anilines is 2. The second kappa shape index (κ2) is 5.59. The number of benzene rings is 1. The van der Waals surface area contributed by atoms with Crippen molar-refractivity contribution in [3.63, 3.8) is 0 Å². The molecule has 2 N–H and O–H groups in total. The van der Waals surface area contributed by atoms with Crippen LogP contribution in [0.5, 0.6) is 0 Å². The summed E-state index contributed by atoms with van der Waals surface area (Å²) < 4.78 is 29.1. The third kappa shape index (κ3) is 2.57. The van der Waals surface area contributed by atoms with Gasteiger partial charge in [-0.05, 0) is 24.6 Å². The fraction of sp³-hybridized carbons (Fsp3) is 0.200. The summed E-state index contributed by atoms with van der Waals surface area (Å²) in [5, 5.41) is 11.7. The standard InChI is InChI=1S/C15H14F2N2O3/c1-7-4-5-10(9(16)6-7)18-14-11(15(21)22)12(17)13(8(2)20)19(14)3/h4-6,18H,1-3H3,(H,21,22). The van der Waals surface area contributed by atoms with Gasteiger partial charge in [-0.25, -0.2) is 13.6 Å². The van der Waals surface area contributed by atoms with Crippen molar-refractivity contribution < 1.29 is 23.5 Å². The molecule has 0 aliphatic heterocycles. The van der Waals surface area contributed by atoms with E-state index in [0.717, 1.165) is 11.5 Å². The molecule has 0 saturated carbocycles. The van der Waals surface area contributed by atoms with Crippen LogP contribution in [0, 0.1) is 18.6 Å². The van der Waals surface area contributed by atoms with Crippen LogP contribution in [-0.2, 0) is 7.05 Å². The molecule has 0 spiro atoms. The highest BCUT2D eigenvalue weighted by Gasteiger charge is 2.28. The summed E-state index contributed by atoms with van der Waals surface area (Å²) in [7, 11) is 1.33. The molecule has 0 unspecified atom stereocenters. The number of aromatic nitrogens is 1. The molecular weight excluding hydrogens is 294 g/mol. The second-order valence-corrected chi connectivity index (χ2v) is 4.91. The molecule has 7 heteroatoms. The molecule has 0 atom stereocenters. The van der Waals surface area contributed by atoms with Crippen molar-refractivity contribution in [3.05, 3.63) is 46.7 Å². The van der Waals surface area contributed by atoms with E-state index in [1.807, 2.05) is 0 Å². The Labute approximate surface area is 125 Å². The number of carbonyl (C=O) groups is 2. The average molecular weight is 308 g/mol. The van der Waals surface area contributed by atoms with Crippen molar-refractivity contribution >= 4 is 23.3 Å². The summed E-state index contributed by atoms with van der Waals surface area (Å²) in [5.41, 5.74) is -0.409. The maximum absolute atomic E-state index is 14.2. The molecule has 2 rings (SSSR count). The predicted octanol–water partition coefficient (Wildman–Crippen LogP) is 3.26. The van der Waals surface area contributed by atoms with E-state index < -0.39 is 29.0 Å². The topological polar surface area (TPSA) is 71.3 Å². The zero-order chi connectivity index (χ0) is 16.6. The maximum atomic E-state index is 14.2. The molecule has 2 aromatic rings. The SMILES string of the molecule is CC(=O)c1c(F)c(C(=O)O)c(Nc2ccc(C)cc2F)n1C. The summed E-state index contributed by atoms with van der Waals surface area (Å²) >= 11 is 0. The highest BCUT2D eigenvalue weighted by molar-refractivity contribution is 6.01. The first kappa shape index (κ1) is 15.7.